The van der Waals surface area contributed by atoms with Crippen LogP contribution in [0.5, 0.6) is 5.75 Å². The Kier molecular flexibility index (Phi) is 2.80. The summed E-state index contributed by atoms with van der Waals surface area (Å²) in [5, 5.41) is 0. The van der Waals surface area contributed by atoms with Crippen LogP contribution in [0.15, 0.2) is 54.6 Å². The molecule has 0 N–H and O–H groups in total. The highest BCUT2D eigenvalue weighted by atomic mass is 16.6. The van der Waals surface area contributed by atoms with Gasteiger partial charge in [0.05, 0.1) is 6.61 Å². The van der Waals surface area contributed by atoms with E-state index in [0.717, 1.165) is 12.4 Å². The Morgan fingerprint density at radius 3 is 2.61 bits per heavy atom. The molecule has 92 valence electrons. The van der Waals surface area contributed by atoms with Crippen LogP contribution in [0, 0.1) is 0 Å². The Bertz CT molecular complexity index is 530. The molecule has 1 atom stereocenters. The van der Waals surface area contributed by atoms with Crippen molar-refractivity contribution < 1.29 is 9.47 Å². The van der Waals surface area contributed by atoms with Crippen molar-refractivity contribution in [3.05, 3.63) is 65.7 Å². The first-order valence-electron chi connectivity index (χ1n) is 6.17. The number of epoxide rings is 1. The van der Waals surface area contributed by atoms with Gasteiger partial charge in [0.1, 0.15) is 18.0 Å². The average molecular weight is 240 g/mol. The van der Waals surface area contributed by atoms with E-state index in [1.165, 1.54) is 11.1 Å². The van der Waals surface area contributed by atoms with Crippen molar-refractivity contribution in [3.63, 3.8) is 0 Å². The van der Waals surface area contributed by atoms with Crippen LogP contribution in [0.2, 0.25) is 0 Å². The molecule has 3 rings (SSSR count). The largest absolute Gasteiger partial charge is 0.489 e. The minimum Gasteiger partial charge on any atom is -0.489 e. The van der Waals surface area contributed by atoms with Gasteiger partial charge >= 0.3 is 0 Å². The van der Waals surface area contributed by atoms with E-state index in [-0.39, 0.29) is 5.60 Å². The molecule has 0 radical (unpaired) electrons. The van der Waals surface area contributed by atoms with Crippen LogP contribution in [-0.4, -0.2) is 6.61 Å². The maximum atomic E-state index is 5.80. The first-order chi connectivity index (χ1) is 8.76. The molecule has 0 aromatic heterocycles. The molecule has 0 aliphatic carbocycles. The van der Waals surface area contributed by atoms with Gasteiger partial charge in [0.25, 0.3) is 0 Å². The third-order valence-corrected chi connectivity index (χ3v) is 3.27. The summed E-state index contributed by atoms with van der Waals surface area (Å²) < 4.78 is 11.2. The zero-order valence-electron chi connectivity index (χ0n) is 10.4. The summed E-state index contributed by atoms with van der Waals surface area (Å²) in [5.74, 6) is 0.896. The minimum atomic E-state index is -0.0912. The Labute approximate surface area is 107 Å². The van der Waals surface area contributed by atoms with Gasteiger partial charge in [0.2, 0.25) is 0 Å². The van der Waals surface area contributed by atoms with Gasteiger partial charge in [-0.3, -0.25) is 0 Å². The van der Waals surface area contributed by atoms with Gasteiger partial charge in [-0.25, -0.2) is 0 Å². The Morgan fingerprint density at radius 1 is 1.11 bits per heavy atom. The van der Waals surface area contributed by atoms with Gasteiger partial charge in [-0.15, -0.1) is 0 Å². The summed E-state index contributed by atoms with van der Waals surface area (Å²) in [6.07, 6.45) is 0. The van der Waals surface area contributed by atoms with Gasteiger partial charge in [-0.05, 0) is 30.2 Å². The van der Waals surface area contributed by atoms with Gasteiger partial charge in [-0.2, -0.15) is 0 Å². The van der Waals surface area contributed by atoms with Crippen molar-refractivity contribution >= 4 is 0 Å². The van der Waals surface area contributed by atoms with Gasteiger partial charge < -0.3 is 9.47 Å². The van der Waals surface area contributed by atoms with E-state index in [9.17, 15) is 0 Å². The predicted molar refractivity (Wildman–Crippen MR) is 70.5 cm³/mol. The minimum absolute atomic E-state index is 0.0912. The molecule has 1 saturated heterocycles. The second-order valence-electron chi connectivity index (χ2n) is 4.82. The number of ether oxygens (including phenoxy) is 2. The van der Waals surface area contributed by atoms with E-state index in [1.54, 1.807) is 0 Å². The van der Waals surface area contributed by atoms with E-state index in [1.807, 2.05) is 30.3 Å². The second-order valence-corrected chi connectivity index (χ2v) is 4.82. The molecule has 1 aliphatic rings. The monoisotopic (exact) mass is 240 g/mol. The Balaban J connectivity index is 1.70. The molecule has 0 spiro atoms. The molecule has 2 aromatic carbocycles. The number of rotatable bonds is 4. The molecule has 2 nitrogen and oxygen atoms in total. The molecular weight excluding hydrogens is 224 g/mol. The zero-order chi connectivity index (χ0) is 12.4. The average Bonchev–Trinajstić information content (AvgIpc) is 3.17. The van der Waals surface area contributed by atoms with Gasteiger partial charge in [-0.1, -0.05) is 42.5 Å². The van der Waals surface area contributed by atoms with Gasteiger partial charge in [0, 0.05) is 0 Å². The molecule has 0 saturated carbocycles. The summed E-state index contributed by atoms with van der Waals surface area (Å²) in [4.78, 5) is 0. The third kappa shape index (κ3) is 2.39. The lowest BCUT2D eigenvalue weighted by atomic mass is 10.0. The molecule has 1 heterocycles. The van der Waals surface area contributed by atoms with Crippen LogP contribution < -0.4 is 4.74 Å². The molecule has 1 fully saturated rings. The van der Waals surface area contributed by atoms with Crippen molar-refractivity contribution in [1.82, 2.24) is 0 Å². The van der Waals surface area contributed by atoms with E-state index < -0.39 is 0 Å². The smallest absolute Gasteiger partial charge is 0.120 e. The normalized spacial score (nSPS) is 21.6. The lowest BCUT2D eigenvalue weighted by Crippen LogP contribution is -2.02. The summed E-state index contributed by atoms with van der Waals surface area (Å²) in [5.41, 5.74) is 2.27. The standard InChI is InChI=1S/C16H16O2/c1-16(12-18-16)14-8-5-9-15(10-14)17-11-13-6-3-2-4-7-13/h2-10H,11-12H2,1H3. The van der Waals surface area contributed by atoms with Crippen LogP contribution in [0.1, 0.15) is 18.1 Å². The number of hydrogen-bond acceptors (Lipinski definition) is 2. The summed E-state index contributed by atoms with van der Waals surface area (Å²) >= 11 is 0. The SMILES string of the molecule is CC1(c2cccc(OCc3ccccc3)c2)CO1. The molecular formula is C16H16O2. The van der Waals surface area contributed by atoms with E-state index in [0.29, 0.717) is 6.61 Å². The third-order valence-electron chi connectivity index (χ3n) is 3.27. The summed E-state index contributed by atoms with van der Waals surface area (Å²) in [6.45, 7) is 3.50. The van der Waals surface area contributed by atoms with Crippen molar-refractivity contribution in [1.29, 1.82) is 0 Å². The number of hydrogen-bond donors (Lipinski definition) is 0. The number of benzene rings is 2. The fourth-order valence-corrected chi connectivity index (χ4v) is 1.93. The molecule has 1 aliphatic heterocycles. The molecule has 1 unspecified atom stereocenters. The van der Waals surface area contributed by atoms with Crippen molar-refractivity contribution in [2.45, 2.75) is 19.1 Å². The first kappa shape index (κ1) is 11.3. The van der Waals surface area contributed by atoms with Crippen molar-refractivity contribution in [2.24, 2.45) is 0 Å². The van der Waals surface area contributed by atoms with Crippen LogP contribution in [-0.2, 0) is 16.9 Å². The quantitative estimate of drug-likeness (QED) is 0.763. The predicted octanol–water partition coefficient (Wildman–Crippen LogP) is 3.51. The van der Waals surface area contributed by atoms with E-state index >= 15 is 0 Å². The van der Waals surface area contributed by atoms with Gasteiger partial charge in [0.15, 0.2) is 0 Å². The van der Waals surface area contributed by atoms with E-state index in [2.05, 4.69) is 31.2 Å². The fourth-order valence-electron chi connectivity index (χ4n) is 1.93. The molecule has 2 heteroatoms. The molecule has 0 bridgehead atoms. The Hall–Kier alpha value is -1.80. The molecule has 18 heavy (non-hydrogen) atoms. The fraction of sp³-hybridized carbons (Fsp3) is 0.250. The summed E-state index contributed by atoms with van der Waals surface area (Å²) in [7, 11) is 0. The topological polar surface area (TPSA) is 21.8 Å². The van der Waals surface area contributed by atoms with Crippen LogP contribution >= 0.6 is 0 Å². The second kappa shape index (κ2) is 4.46. The summed E-state index contributed by atoms with van der Waals surface area (Å²) in [6, 6.07) is 18.3. The lowest BCUT2D eigenvalue weighted by Gasteiger charge is -2.10. The van der Waals surface area contributed by atoms with Crippen LogP contribution in [0.4, 0.5) is 0 Å². The van der Waals surface area contributed by atoms with Crippen LogP contribution in [0.3, 0.4) is 0 Å². The molecule has 2 aromatic rings. The molecule has 0 amide bonds. The highest BCUT2D eigenvalue weighted by molar-refractivity contribution is 5.34. The van der Waals surface area contributed by atoms with E-state index in [4.69, 9.17) is 9.47 Å². The highest BCUT2D eigenvalue weighted by Crippen LogP contribution is 2.39. The zero-order valence-corrected chi connectivity index (χ0v) is 10.4. The maximum Gasteiger partial charge on any atom is 0.120 e. The highest BCUT2D eigenvalue weighted by Gasteiger charge is 2.41. The van der Waals surface area contributed by atoms with Crippen molar-refractivity contribution in [3.8, 4) is 5.75 Å². The van der Waals surface area contributed by atoms with Crippen molar-refractivity contribution in [2.75, 3.05) is 6.61 Å². The maximum absolute atomic E-state index is 5.80. The lowest BCUT2D eigenvalue weighted by molar-refractivity contribution is 0.301. The Morgan fingerprint density at radius 2 is 1.89 bits per heavy atom. The first-order valence-corrected chi connectivity index (χ1v) is 6.17. The van der Waals surface area contributed by atoms with Crippen LogP contribution in [0.25, 0.3) is 0 Å².